The number of nitrogens with zero attached hydrogens (tertiary/aromatic N) is 2. The first-order valence-corrected chi connectivity index (χ1v) is 9.89. The van der Waals surface area contributed by atoms with E-state index >= 15 is 0 Å². The van der Waals surface area contributed by atoms with E-state index in [1.54, 1.807) is 16.2 Å². The van der Waals surface area contributed by atoms with Crippen molar-refractivity contribution in [3.63, 3.8) is 0 Å². The molecule has 2 N–H and O–H groups in total. The molecule has 0 aliphatic carbocycles. The Labute approximate surface area is 183 Å². The van der Waals surface area contributed by atoms with Gasteiger partial charge in [-0.2, -0.15) is 0 Å². The van der Waals surface area contributed by atoms with Gasteiger partial charge in [0.2, 0.25) is 0 Å². The van der Waals surface area contributed by atoms with Gasteiger partial charge in [-0.15, -0.1) is 36.2 Å². The number of aryl methyl sites for hydroxylation is 2. The number of amides is 1. The van der Waals surface area contributed by atoms with Gasteiger partial charge in [-0.25, -0.2) is 4.98 Å². The number of nitrogens with two attached hydrogens (primary N) is 1. The largest absolute Gasteiger partial charge is 0.364 e. The quantitative estimate of drug-likeness (QED) is 0.744. The van der Waals surface area contributed by atoms with E-state index in [0.29, 0.717) is 6.54 Å². The summed E-state index contributed by atoms with van der Waals surface area (Å²) in [7, 11) is 1.84. The Hall–Kier alpha value is -1.18. The lowest BCUT2D eigenvalue weighted by molar-refractivity contribution is -0.143. The highest BCUT2D eigenvalue weighted by Gasteiger charge is 2.34. The Morgan fingerprint density at radius 2 is 1.93 bits per heavy atom. The molecule has 156 valence electrons. The molecule has 1 amide bonds. The van der Waals surface area contributed by atoms with E-state index in [2.05, 4.69) is 31.2 Å². The molecule has 8 heteroatoms. The van der Waals surface area contributed by atoms with E-state index in [-0.39, 0.29) is 49.0 Å². The number of thiazole rings is 1. The minimum atomic E-state index is -0.374. The number of likely N-dealkylation sites (N-methyl/N-ethyl adjacent to an activating group) is 1. The van der Waals surface area contributed by atoms with Crippen molar-refractivity contribution in [3.05, 3.63) is 40.4 Å². The second-order valence-electron chi connectivity index (χ2n) is 7.02. The molecule has 0 spiro atoms. The monoisotopic (exact) mass is 445 g/mol. The number of halogens is 2. The molecule has 3 rings (SSSR count). The Kier molecular flexibility index (Phi) is 9.37. The number of hydrogen-bond acceptors (Lipinski definition) is 5. The molecule has 1 unspecified atom stereocenters. The van der Waals surface area contributed by atoms with Gasteiger partial charge in [0.15, 0.2) is 0 Å². The third kappa shape index (κ3) is 5.24. The summed E-state index contributed by atoms with van der Waals surface area (Å²) in [6, 6.07) is 8.33. The highest BCUT2D eigenvalue weighted by atomic mass is 35.5. The van der Waals surface area contributed by atoms with E-state index in [1.807, 2.05) is 20.9 Å². The Bertz CT molecular complexity index is 782. The predicted octanol–water partition coefficient (Wildman–Crippen LogP) is 4.30. The van der Waals surface area contributed by atoms with E-state index in [9.17, 15) is 4.79 Å². The molecule has 2 heterocycles. The first kappa shape index (κ1) is 24.9. The molecule has 1 fully saturated rings. The summed E-state index contributed by atoms with van der Waals surface area (Å²) >= 11 is 1.65. The molecule has 5 nitrogen and oxygen atoms in total. The van der Waals surface area contributed by atoms with Gasteiger partial charge in [-0.3, -0.25) is 4.79 Å². The smallest absolute Gasteiger partial charge is 0.251 e. The number of carbonyl (C=O) groups is 1. The maximum absolute atomic E-state index is 12.8. The average Bonchev–Trinajstić information content (AvgIpc) is 3.27. The number of aromatic nitrogens is 1. The van der Waals surface area contributed by atoms with Crippen LogP contribution in [0.15, 0.2) is 24.3 Å². The molecule has 28 heavy (non-hydrogen) atoms. The highest BCUT2D eigenvalue weighted by Crippen LogP contribution is 2.34. The lowest BCUT2D eigenvalue weighted by atomic mass is 10.1. The van der Waals surface area contributed by atoms with Gasteiger partial charge in [0.25, 0.3) is 5.91 Å². The van der Waals surface area contributed by atoms with Gasteiger partial charge in [0, 0.05) is 19.2 Å². The van der Waals surface area contributed by atoms with Gasteiger partial charge < -0.3 is 15.4 Å². The Morgan fingerprint density at radius 1 is 1.29 bits per heavy atom. The zero-order valence-electron chi connectivity index (χ0n) is 16.7. The maximum Gasteiger partial charge on any atom is 0.251 e. The fraction of sp³-hybridized carbons (Fsp3) is 0.500. The SMILES string of the molecule is Cc1ccc(-c2nc(C)c(C(C)N(C)C(=O)[C@@H]3CC[C@H](CN)O3)s2)cc1.Cl.Cl. The van der Waals surface area contributed by atoms with Crippen molar-refractivity contribution in [2.75, 3.05) is 13.6 Å². The molecule has 1 saturated heterocycles. The van der Waals surface area contributed by atoms with Gasteiger partial charge in [0.05, 0.1) is 22.7 Å². The molecule has 2 aromatic rings. The first-order valence-electron chi connectivity index (χ1n) is 9.07. The summed E-state index contributed by atoms with van der Waals surface area (Å²) in [5.74, 6) is 0.0261. The summed E-state index contributed by atoms with van der Waals surface area (Å²) in [6.07, 6.45) is 1.23. The van der Waals surface area contributed by atoms with Crippen LogP contribution in [0.3, 0.4) is 0 Å². The lowest BCUT2D eigenvalue weighted by Crippen LogP contribution is -2.38. The van der Waals surface area contributed by atoms with E-state index in [1.165, 1.54) is 5.56 Å². The maximum atomic E-state index is 12.8. The number of carbonyl (C=O) groups excluding carboxylic acids is 1. The zero-order chi connectivity index (χ0) is 18.8. The fourth-order valence-electron chi connectivity index (χ4n) is 3.27. The van der Waals surface area contributed by atoms with Crippen LogP contribution in [0.2, 0.25) is 0 Å². The molecular formula is C20H29Cl2N3O2S. The van der Waals surface area contributed by atoms with Crippen molar-refractivity contribution in [1.82, 2.24) is 9.88 Å². The standard InChI is InChI=1S/C20H27N3O2S.2ClH/c1-12-5-7-15(8-6-12)19-22-13(2)18(26-19)14(3)23(4)20(24)17-10-9-16(11-21)25-17;;/h5-8,14,16-17H,9-11,21H2,1-4H3;2*1H/t14?,16-,17+;;/m1../s1. The van der Waals surface area contributed by atoms with Gasteiger partial charge in [-0.05, 0) is 33.6 Å². The zero-order valence-corrected chi connectivity index (χ0v) is 19.1. The van der Waals surface area contributed by atoms with Gasteiger partial charge in [0.1, 0.15) is 11.1 Å². The molecular weight excluding hydrogens is 417 g/mol. The van der Waals surface area contributed by atoms with Crippen molar-refractivity contribution in [2.24, 2.45) is 5.73 Å². The van der Waals surface area contributed by atoms with Crippen LogP contribution >= 0.6 is 36.2 Å². The number of hydrogen-bond donors (Lipinski definition) is 1. The normalized spacial score (nSPS) is 19.5. The third-order valence-corrected chi connectivity index (χ3v) is 6.46. The van der Waals surface area contributed by atoms with Crippen LogP contribution in [0.5, 0.6) is 0 Å². The topological polar surface area (TPSA) is 68.5 Å². The number of benzene rings is 1. The molecule has 0 bridgehead atoms. The van der Waals surface area contributed by atoms with Gasteiger partial charge in [-0.1, -0.05) is 29.8 Å². The second-order valence-corrected chi connectivity index (χ2v) is 8.05. The highest BCUT2D eigenvalue weighted by molar-refractivity contribution is 7.15. The first-order chi connectivity index (χ1) is 12.4. The summed E-state index contributed by atoms with van der Waals surface area (Å²) in [6.45, 7) is 6.60. The molecule has 1 aliphatic heterocycles. The molecule has 3 atom stereocenters. The molecule has 1 aromatic heterocycles. The fourth-order valence-corrected chi connectivity index (χ4v) is 4.44. The average molecular weight is 446 g/mol. The molecule has 0 radical (unpaired) electrons. The van der Waals surface area contributed by atoms with Crippen LogP contribution in [0.1, 0.15) is 41.9 Å². The summed E-state index contributed by atoms with van der Waals surface area (Å²) in [5.41, 5.74) is 8.97. The summed E-state index contributed by atoms with van der Waals surface area (Å²) in [5, 5.41) is 0.991. The third-order valence-electron chi connectivity index (χ3n) is 5.08. The van der Waals surface area contributed by atoms with E-state index < -0.39 is 0 Å². The van der Waals surface area contributed by atoms with E-state index in [0.717, 1.165) is 34.0 Å². The van der Waals surface area contributed by atoms with Crippen LogP contribution < -0.4 is 5.73 Å². The number of ether oxygens (including phenoxy) is 1. The van der Waals surface area contributed by atoms with Gasteiger partial charge >= 0.3 is 0 Å². The van der Waals surface area contributed by atoms with Crippen LogP contribution in [-0.2, 0) is 9.53 Å². The Morgan fingerprint density at radius 3 is 2.50 bits per heavy atom. The second kappa shape index (κ2) is 10.6. The van der Waals surface area contributed by atoms with Crippen LogP contribution in [-0.4, -0.2) is 41.6 Å². The van der Waals surface area contributed by atoms with Crippen molar-refractivity contribution < 1.29 is 9.53 Å². The minimum Gasteiger partial charge on any atom is -0.364 e. The molecule has 0 saturated carbocycles. The minimum absolute atomic E-state index is 0. The summed E-state index contributed by atoms with van der Waals surface area (Å²) < 4.78 is 5.77. The van der Waals surface area contributed by atoms with Crippen LogP contribution in [0.4, 0.5) is 0 Å². The van der Waals surface area contributed by atoms with E-state index in [4.69, 9.17) is 15.5 Å². The lowest BCUT2D eigenvalue weighted by Gasteiger charge is -2.27. The number of rotatable bonds is 5. The van der Waals surface area contributed by atoms with Crippen LogP contribution in [0.25, 0.3) is 10.6 Å². The Balaban J connectivity index is 0.00000196. The summed E-state index contributed by atoms with van der Waals surface area (Å²) in [4.78, 5) is 20.4. The van der Waals surface area contributed by atoms with Crippen LogP contribution in [0, 0.1) is 13.8 Å². The molecule has 1 aliphatic rings. The van der Waals surface area contributed by atoms with Crippen molar-refractivity contribution in [3.8, 4) is 10.6 Å². The predicted molar refractivity (Wildman–Crippen MR) is 120 cm³/mol. The van der Waals surface area contributed by atoms with Crippen molar-refractivity contribution >= 4 is 42.1 Å². The van der Waals surface area contributed by atoms with Crippen molar-refractivity contribution in [1.29, 1.82) is 0 Å². The van der Waals surface area contributed by atoms with Crippen molar-refractivity contribution in [2.45, 2.75) is 51.9 Å². The molecule has 1 aromatic carbocycles.